The van der Waals surface area contributed by atoms with Gasteiger partial charge in [0.1, 0.15) is 0 Å². The second kappa shape index (κ2) is 8.13. The normalized spacial score (nSPS) is 22.9. The maximum Gasteiger partial charge on any atom is 0.312 e. The van der Waals surface area contributed by atoms with Crippen LogP contribution in [0.5, 0.6) is 0 Å². The predicted octanol–water partition coefficient (Wildman–Crippen LogP) is 2.95. The van der Waals surface area contributed by atoms with Gasteiger partial charge in [-0.25, -0.2) is 0 Å². The van der Waals surface area contributed by atoms with Crippen molar-refractivity contribution in [3.63, 3.8) is 0 Å². The number of aliphatic hydroxyl groups excluding tert-OH is 1. The van der Waals surface area contributed by atoms with Gasteiger partial charge in [-0.05, 0) is 37.3 Å². The Kier molecular flexibility index (Phi) is 5.85. The zero-order valence-corrected chi connectivity index (χ0v) is 15.8. The molecule has 3 rings (SSSR count). The van der Waals surface area contributed by atoms with Crippen LogP contribution in [-0.4, -0.2) is 51.2 Å². The molecule has 0 aliphatic carbocycles. The van der Waals surface area contributed by atoms with Crippen molar-refractivity contribution in [1.82, 2.24) is 9.88 Å². The molecule has 6 nitrogen and oxygen atoms in total. The number of carboxylic acid groups (broad SMARTS) is 1. The molecule has 1 aromatic carbocycles. The zero-order valence-electron chi connectivity index (χ0n) is 15.8. The quantitative estimate of drug-likeness (QED) is 0.696. The van der Waals surface area contributed by atoms with Crippen molar-refractivity contribution in [1.29, 1.82) is 0 Å². The fourth-order valence-electron chi connectivity index (χ4n) is 4.22. The number of nitrogens with zero attached hydrogens (tertiary/aromatic N) is 1. The lowest BCUT2D eigenvalue weighted by Gasteiger charge is -2.42. The Morgan fingerprint density at radius 3 is 2.81 bits per heavy atom. The van der Waals surface area contributed by atoms with Crippen LogP contribution in [0.4, 0.5) is 0 Å². The van der Waals surface area contributed by atoms with Crippen molar-refractivity contribution >= 4 is 22.8 Å². The first-order valence-electron chi connectivity index (χ1n) is 9.72. The number of nitrogens with one attached hydrogen (secondary N) is 1. The van der Waals surface area contributed by atoms with E-state index in [2.05, 4.69) is 11.1 Å². The molecule has 0 saturated carbocycles. The smallest absolute Gasteiger partial charge is 0.312 e. The number of fused-ring (bicyclic) bond motifs is 1. The second-order valence-corrected chi connectivity index (χ2v) is 7.53. The minimum atomic E-state index is -1.12. The number of aromatic amines is 1. The van der Waals surface area contributed by atoms with Gasteiger partial charge in [0.05, 0.1) is 11.5 Å². The number of carbonyl (C=O) groups is 2. The number of piperidine rings is 1. The number of hydrogen-bond acceptors (Lipinski definition) is 3. The molecule has 2 heterocycles. The number of likely N-dealkylation sites (tertiary alicyclic amines) is 1. The van der Waals surface area contributed by atoms with Crippen LogP contribution < -0.4 is 0 Å². The lowest BCUT2D eigenvalue weighted by atomic mass is 9.72. The first kappa shape index (κ1) is 19.4. The maximum atomic E-state index is 12.5. The largest absolute Gasteiger partial charge is 0.481 e. The molecule has 2 atom stereocenters. The first-order valence-corrected chi connectivity index (χ1v) is 9.72. The van der Waals surface area contributed by atoms with Crippen LogP contribution >= 0.6 is 0 Å². The molecule has 27 heavy (non-hydrogen) atoms. The number of carbonyl (C=O) groups excluding carboxylic acids is 1. The number of rotatable bonds is 7. The van der Waals surface area contributed by atoms with Crippen molar-refractivity contribution in [3.05, 3.63) is 36.0 Å². The van der Waals surface area contributed by atoms with Crippen LogP contribution in [0.25, 0.3) is 10.9 Å². The highest BCUT2D eigenvalue weighted by molar-refractivity contribution is 5.83. The molecule has 1 aliphatic rings. The average molecular weight is 372 g/mol. The molecule has 2 aromatic rings. The molecule has 1 aromatic heterocycles. The van der Waals surface area contributed by atoms with Crippen molar-refractivity contribution in [2.24, 2.45) is 5.41 Å². The van der Waals surface area contributed by atoms with Gasteiger partial charge in [0.25, 0.3) is 0 Å². The number of hydrogen-bond donors (Lipinski definition) is 3. The molecule has 1 saturated heterocycles. The van der Waals surface area contributed by atoms with E-state index in [0.29, 0.717) is 32.2 Å². The maximum absolute atomic E-state index is 12.5. The molecule has 1 amide bonds. The summed E-state index contributed by atoms with van der Waals surface area (Å²) in [5.74, 6) is -0.965. The fraction of sp³-hybridized carbons (Fsp3) is 0.524. The average Bonchev–Trinajstić information content (AvgIpc) is 3.06. The van der Waals surface area contributed by atoms with Crippen LogP contribution in [0.3, 0.4) is 0 Å². The fourth-order valence-corrected chi connectivity index (χ4v) is 4.22. The summed E-state index contributed by atoms with van der Waals surface area (Å²) in [5, 5.41) is 21.2. The Bertz CT molecular complexity index is 815. The topological polar surface area (TPSA) is 93.6 Å². The monoisotopic (exact) mass is 372 g/mol. The van der Waals surface area contributed by atoms with Crippen LogP contribution in [-0.2, 0) is 16.0 Å². The summed E-state index contributed by atoms with van der Waals surface area (Å²) in [7, 11) is 0. The third-order valence-corrected chi connectivity index (χ3v) is 5.85. The molecule has 6 heteroatoms. The van der Waals surface area contributed by atoms with Gasteiger partial charge in [0, 0.05) is 36.6 Å². The van der Waals surface area contributed by atoms with Crippen molar-refractivity contribution in [3.8, 4) is 0 Å². The van der Waals surface area contributed by atoms with E-state index in [9.17, 15) is 19.8 Å². The van der Waals surface area contributed by atoms with E-state index in [1.54, 1.807) is 4.90 Å². The van der Waals surface area contributed by atoms with Gasteiger partial charge in [-0.3, -0.25) is 9.59 Å². The van der Waals surface area contributed by atoms with Gasteiger partial charge in [0.15, 0.2) is 0 Å². The Morgan fingerprint density at radius 1 is 1.33 bits per heavy atom. The highest BCUT2D eigenvalue weighted by Crippen LogP contribution is 2.37. The standard InChI is InChI=1S/C21H28N2O4/c1-2-10-21(20(26)27)11-12-23(14-18(21)24)19(25)9-5-6-15-13-22-17-8-4-3-7-16(15)17/h3-4,7-8,13,18,22,24H,2,5-6,9-12,14H2,1H3,(H,26,27)/t18-,21-/m0/s1. The van der Waals surface area contributed by atoms with E-state index in [4.69, 9.17) is 0 Å². The van der Waals surface area contributed by atoms with Gasteiger partial charge in [0.2, 0.25) is 5.91 Å². The first-order chi connectivity index (χ1) is 13.0. The van der Waals surface area contributed by atoms with Crippen molar-refractivity contribution in [2.75, 3.05) is 13.1 Å². The molecular formula is C21H28N2O4. The molecular weight excluding hydrogens is 344 g/mol. The molecule has 0 bridgehead atoms. The molecule has 1 aliphatic heterocycles. The molecule has 3 N–H and O–H groups in total. The number of aromatic nitrogens is 1. The van der Waals surface area contributed by atoms with Gasteiger partial charge >= 0.3 is 5.97 Å². The van der Waals surface area contributed by atoms with E-state index >= 15 is 0 Å². The number of amides is 1. The highest BCUT2D eigenvalue weighted by Gasteiger charge is 2.48. The van der Waals surface area contributed by atoms with Crippen LogP contribution in [0.2, 0.25) is 0 Å². The minimum Gasteiger partial charge on any atom is -0.481 e. The lowest BCUT2D eigenvalue weighted by Crippen LogP contribution is -2.56. The van der Waals surface area contributed by atoms with Crippen LogP contribution in [0.1, 0.15) is 44.6 Å². The number of aryl methyl sites for hydroxylation is 1. The Balaban J connectivity index is 1.54. The number of aliphatic hydroxyl groups is 1. The number of para-hydroxylation sites is 1. The van der Waals surface area contributed by atoms with E-state index in [-0.39, 0.29) is 12.5 Å². The number of benzene rings is 1. The Morgan fingerprint density at radius 2 is 2.11 bits per heavy atom. The molecule has 1 fully saturated rings. The van der Waals surface area contributed by atoms with Gasteiger partial charge in [-0.2, -0.15) is 0 Å². The zero-order chi connectivity index (χ0) is 19.4. The van der Waals surface area contributed by atoms with E-state index in [1.807, 2.05) is 31.3 Å². The Hall–Kier alpha value is -2.34. The van der Waals surface area contributed by atoms with Crippen molar-refractivity contribution in [2.45, 2.75) is 51.6 Å². The summed E-state index contributed by atoms with van der Waals surface area (Å²) in [6.45, 7) is 2.42. The molecule has 0 unspecified atom stereocenters. The second-order valence-electron chi connectivity index (χ2n) is 7.53. The van der Waals surface area contributed by atoms with Crippen LogP contribution in [0.15, 0.2) is 30.5 Å². The SMILES string of the molecule is CCC[C@]1(C(=O)O)CCN(C(=O)CCCc2c[nH]c3ccccc23)C[C@@H]1O. The summed E-state index contributed by atoms with van der Waals surface area (Å²) in [4.78, 5) is 29.1. The summed E-state index contributed by atoms with van der Waals surface area (Å²) in [5.41, 5.74) is 1.18. The summed E-state index contributed by atoms with van der Waals surface area (Å²) in [6, 6.07) is 8.10. The minimum absolute atomic E-state index is 0.00983. The Labute approximate surface area is 159 Å². The van der Waals surface area contributed by atoms with E-state index in [1.165, 1.54) is 10.9 Å². The van der Waals surface area contributed by atoms with Gasteiger partial charge < -0.3 is 20.1 Å². The number of aliphatic carboxylic acids is 1. The molecule has 0 spiro atoms. The van der Waals surface area contributed by atoms with Crippen molar-refractivity contribution < 1.29 is 19.8 Å². The van der Waals surface area contributed by atoms with Gasteiger partial charge in [-0.15, -0.1) is 0 Å². The predicted molar refractivity (Wildman–Crippen MR) is 103 cm³/mol. The van der Waals surface area contributed by atoms with E-state index in [0.717, 1.165) is 18.4 Å². The number of H-pyrrole nitrogens is 1. The summed E-state index contributed by atoms with van der Waals surface area (Å²) >= 11 is 0. The van der Waals surface area contributed by atoms with E-state index < -0.39 is 17.5 Å². The molecule has 0 radical (unpaired) electrons. The van der Waals surface area contributed by atoms with Crippen LogP contribution in [0, 0.1) is 5.41 Å². The molecule has 146 valence electrons. The third kappa shape index (κ3) is 3.86. The summed E-state index contributed by atoms with van der Waals surface area (Å²) < 4.78 is 0. The lowest BCUT2D eigenvalue weighted by molar-refractivity contribution is -0.167. The highest BCUT2D eigenvalue weighted by atomic mass is 16.4. The third-order valence-electron chi connectivity index (χ3n) is 5.85. The van der Waals surface area contributed by atoms with Gasteiger partial charge in [-0.1, -0.05) is 31.5 Å². The number of β-amino-alcohol motifs (C(OH)–C–C–N with tert-alkyl or cyclic N) is 1. The summed E-state index contributed by atoms with van der Waals surface area (Å²) in [6.07, 6.45) is 4.36. The number of carboxylic acids is 1.